The average molecular weight is 476 g/mol. The molecule has 0 radical (unpaired) electrons. The van der Waals surface area contributed by atoms with E-state index in [1.54, 1.807) is 0 Å². The second-order valence-corrected chi connectivity index (χ2v) is 8.71. The molecule has 0 saturated carbocycles. The number of hydrogen-bond acceptors (Lipinski definition) is 6. The van der Waals surface area contributed by atoms with E-state index in [9.17, 15) is 19.5 Å². The molecule has 9 heteroatoms. The summed E-state index contributed by atoms with van der Waals surface area (Å²) in [6.07, 6.45) is 1.30. The highest BCUT2D eigenvalue weighted by Gasteiger charge is 2.34. The Morgan fingerprint density at radius 2 is 1.74 bits per heavy atom. The molecule has 1 aliphatic carbocycles. The van der Waals surface area contributed by atoms with Crippen LogP contribution < -0.4 is 5.32 Å². The molecule has 5 rings (SSSR count). The highest BCUT2D eigenvalue weighted by molar-refractivity contribution is 5.95. The van der Waals surface area contributed by atoms with Crippen LogP contribution in [0.3, 0.4) is 0 Å². The number of aliphatic carboxylic acids is 1. The Morgan fingerprint density at radius 1 is 1.06 bits per heavy atom. The normalized spacial score (nSPS) is 16.9. The van der Waals surface area contributed by atoms with Crippen molar-refractivity contribution in [2.75, 3.05) is 13.2 Å². The first-order valence-electron chi connectivity index (χ1n) is 11.6. The number of fused-ring (bicyclic) bond motifs is 3. The lowest BCUT2D eigenvalue weighted by molar-refractivity contribution is -0.143. The van der Waals surface area contributed by atoms with Gasteiger partial charge in [-0.25, -0.2) is 9.59 Å². The number of carbonyl (C=O) groups excluding carboxylic acids is 2. The fourth-order valence-electron chi connectivity index (χ4n) is 4.88. The summed E-state index contributed by atoms with van der Waals surface area (Å²) < 4.78 is 10.7. The fourth-order valence-corrected chi connectivity index (χ4v) is 4.88. The lowest BCUT2D eigenvalue weighted by atomic mass is 9.98. The van der Waals surface area contributed by atoms with E-state index in [0.29, 0.717) is 13.0 Å². The van der Waals surface area contributed by atoms with Crippen molar-refractivity contribution < 1.29 is 28.8 Å². The summed E-state index contributed by atoms with van der Waals surface area (Å²) in [5, 5.41) is 15.8. The Bertz CT molecular complexity index is 1220. The molecule has 3 aromatic rings. The second-order valence-electron chi connectivity index (χ2n) is 8.71. The van der Waals surface area contributed by atoms with E-state index >= 15 is 0 Å². The van der Waals surface area contributed by atoms with E-state index in [0.717, 1.165) is 35.1 Å². The number of carboxylic acids is 1. The molecule has 1 saturated heterocycles. The van der Waals surface area contributed by atoms with Crippen LogP contribution in [0.2, 0.25) is 0 Å². The van der Waals surface area contributed by atoms with Gasteiger partial charge in [-0.05, 0) is 41.5 Å². The summed E-state index contributed by atoms with van der Waals surface area (Å²) in [6, 6.07) is 16.7. The zero-order chi connectivity index (χ0) is 24.4. The molecule has 2 heterocycles. The zero-order valence-corrected chi connectivity index (χ0v) is 19.0. The minimum absolute atomic E-state index is 0.0146. The number of ether oxygens (including phenoxy) is 1. The van der Waals surface area contributed by atoms with Crippen LogP contribution >= 0.6 is 0 Å². The predicted octanol–water partition coefficient (Wildman–Crippen LogP) is 3.79. The van der Waals surface area contributed by atoms with E-state index in [-0.39, 0.29) is 30.5 Å². The molecule has 2 aromatic carbocycles. The number of hydrogen-bond donors (Lipinski definition) is 2. The van der Waals surface area contributed by atoms with Crippen LogP contribution in [0, 0.1) is 0 Å². The maximum absolute atomic E-state index is 12.7. The summed E-state index contributed by atoms with van der Waals surface area (Å²) in [5.74, 6) is -1.30. The number of nitrogens with zero attached hydrogens (tertiary/aromatic N) is 2. The van der Waals surface area contributed by atoms with E-state index in [2.05, 4.69) is 22.6 Å². The third kappa shape index (κ3) is 4.49. The van der Waals surface area contributed by atoms with Crippen LogP contribution in [0.25, 0.3) is 11.1 Å². The number of alkyl carbamates (subject to hydrolysis) is 1. The SMILES string of the molecule is O=C(NCc1cc(C(=O)N2CCCC[C@H]2C(=O)O)no1)OCC1c2ccccc2-c2ccccc21. The van der Waals surface area contributed by atoms with Gasteiger partial charge in [0.2, 0.25) is 0 Å². The summed E-state index contributed by atoms with van der Waals surface area (Å²) >= 11 is 0. The van der Waals surface area contributed by atoms with Crippen LogP contribution in [0.4, 0.5) is 4.79 Å². The summed E-state index contributed by atoms with van der Waals surface area (Å²) in [7, 11) is 0. The molecular weight excluding hydrogens is 450 g/mol. The number of amides is 2. The van der Waals surface area contributed by atoms with Gasteiger partial charge in [0.1, 0.15) is 12.6 Å². The molecule has 0 unspecified atom stereocenters. The van der Waals surface area contributed by atoms with Crippen LogP contribution in [0.15, 0.2) is 59.1 Å². The van der Waals surface area contributed by atoms with Crippen LogP contribution in [-0.2, 0) is 16.1 Å². The van der Waals surface area contributed by atoms with Gasteiger partial charge in [0.15, 0.2) is 11.5 Å². The van der Waals surface area contributed by atoms with Crippen molar-refractivity contribution in [2.45, 2.75) is 37.8 Å². The minimum atomic E-state index is -1.03. The highest BCUT2D eigenvalue weighted by atomic mass is 16.5. The van der Waals surface area contributed by atoms with Crippen molar-refractivity contribution in [1.29, 1.82) is 0 Å². The first-order valence-corrected chi connectivity index (χ1v) is 11.6. The van der Waals surface area contributed by atoms with Crippen LogP contribution in [0.5, 0.6) is 0 Å². The van der Waals surface area contributed by atoms with Gasteiger partial charge in [0.05, 0.1) is 6.54 Å². The molecule has 1 aliphatic heterocycles. The number of carbonyl (C=O) groups is 3. The Labute approximate surface area is 201 Å². The topological polar surface area (TPSA) is 122 Å². The van der Waals surface area contributed by atoms with Crippen molar-refractivity contribution >= 4 is 18.0 Å². The average Bonchev–Trinajstić information content (AvgIpc) is 3.49. The molecule has 35 heavy (non-hydrogen) atoms. The van der Waals surface area contributed by atoms with Gasteiger partial charge < -0.3 is 24.6 Å². The third-order valence-corrected chi connectivity index (χ3v) is 6.58. The molecule has 1 aromatic heterocycles. The zero-order valence-electron chi connectivity index (χ0n) is 19.0. The maximum atomic E-state index is 12.7. The third-order valence-electron chi connectivity index (χ3n) is 6.58. The standard InChI is InChI=1S/C26H25N3O6/c30-24(29-12-6-5-11-23(29)25(31)32)22-13-16(35-28-22)14-27-26(33)34-15-21-19-9-3-1-7-17(19)18-8-2-4-10-20(18)21/h1-4,7-10,13,21,23H,5-6,11-12,14-15H2,(H,27,33)(H,31,32)/t23-/m0/s1. The van der Waals surface area contributed by atoms with Crippen LogP contribution in [0.1, 0.15) is 52.6 Å². The van der Waals surface area contributed by atoms with Crippen LogP contribution in [-0.4, -0.2) is 52.3 Å². The van der Waals surface area contributed by atoms with Gasteiger partial charge in [-0.2, -0.15) is 0 Å². The quantitative estimate of drug-likeness (QED) is 0.556. The van der Waals surface area contributed by atoms with E-state index in [1.165, 1.54) is 11.0 Å². The maximum Gasteiger partial charge on any atom is 0.407 e. The van der Waals surface area contributed by atoms with Crippen molar-refractivity contribution in [1.82, 2.24) is 15.4 Å². The van der Waals surface area contributed by atoms with E-state index in [1.807, 2.05) is 36.4 Å². The summed E-state index contributed by atoms with van der Waals surface area (Å²) in [5.41, 5.74) is 4.56. The number of likely N-dealkylation sites (tertiary alicyclic amines) is 1. The first kappa shape index (κ1) is 22.6. The van der Waals surface area contributed by atoms with Crippen molar-refractivity contribution in [3.05, 3.63) is 77.2 Å². The molecule has 2 aliphatic rings. The number of benzene rings is 2. The lowest BCUT2D eigenvalue weighted by Gasteiger charge is -2.32. The van der Waals surface area contributed by atoms with E-state index in [4.69, 9.17) is 9.26 Å². The van der Waals surface area contributed by atoms with Gasteiger partial charge in [-0.1, -0.05) is 53.7 Å². The molecule has 0 spiro atoms. The largest absolute Gasteiger partial charge is 0.480 e. The molecule has 2 N–H and O–H groups in total. The number of aromatic nitrogens is 1. The van der Waals surface area contributed by atoms with Gasteiger partial charge in [0.25, 0.3) is 5.91 Å². The Kier molecular flexibility index (Phi) is 6.22. The Morgan fingerprint density at radius 3 is 2.43 bits per heavy atom. The van der Waals surface area contributed by atoms with E-state index < -0.39 is 24.0 Å². The summed E-state index contributed by atoms with van der Waals surface area (Å²) in [4.78, 5) is 37.9. The lowest BCUT2D eigenvalue weighted by Crippen LogP contribution is -2.48. The number of piperidine rings is 1. The monoisotopic (exact) mass is 475 g/mol. The number of nitrogens with one attached hydrogen (secondary N) is 1. The number of rotatable bonds is 6. The molecular formula is C26H25N3O6. The number of carboxylic acid groups (broad SMARTS) is 1. The fraction of sp³-hybridized carbons (Fsp3) is 0.308. The van der Waals surface area contributed by atoms with Gasteiger partial charge >= 0.3 is 12.1 Å². The molecule has 180 valence electrons. The summed E-state index contributed by atoms with van der Waals surface area (Å²) in [6.45, 7) is 0.529. The Balaban J connectivity index is 1.17. The first-order chi connectivity index (χ1) is 17.0. The smallest absolute Gasteiger partial charge is 0.407 e. The van der Waals surface area contributed by atoms with Crippen molar-refractivity contribution in [3.8, 4) is 11.1 Å². The molecule has 1 atom stereocenters. The molecule has 2 amide bonds. The van der Waals surface area contributed by atoms with Crippen molar-refractivity contribution in [2.24, 2.45) is 0 Å². The predicted molar refractivity (Wildman–Crippen MR) is 125 cm³/mol. The van der Waals surface area contributed by atoms with Gasteiger partial charge in [-0.3, -0.25) is 4.79 Å². The highest BCUT2D eigenvalue weighted by Crippen LogP contribution is 2.44. The van der Waals surface area contributed by atoms with Gasteiger partial charge in [0, 0.05) is 18.5 Å². The second kappa shape index (κ2) is 9.61. The van der Waals surface area contributed by atoms with Crippen molar-refractivity contribution in [3.63, 3.8) is 0 Å². The molecule has 1 fully saturated rings. The van der Waals surface area contributed by atoms with Gasteiger partial charge in [-0.15, -0.1) is 0 Å². The Hall–Kier alpha value is -4.14. The molecule has 9 nitrogen and oxygen atoms in total. The molecule has 0 bridgehead atoms. The minimum Gasteiger partial charge on any atom is -0.480 e.